The number of carboxylic acids is 1. The fourth-order valence-electron chi connectivity index (χ4n) is 2.84. The molecule has 0 atom stereocenters. The van der Waals surface area contributed by atoms with Crippen LogP contribution in [-0.4, -0.2) is 16.6 Å². The number of aliphatic carboxylic acids is 1. The van der Waals surface area contributed by atoms with Crippen molar-refractivity contribution < 1.29 is 9.90 Å². The Labute approximate surface area is 151 Å². The SMILES string of the molecule is CCCCC(N)(CCCC)CCCC.CCCCCCCC(=O)O. The Balaban J connectivity index is 0. The predicted molar refractivity (Wildman–Crippen MR) is 107 cm³/mol. The normalized spacial score (nSPS) is 11.0. The zero-order valence-electron chi connectivity index (χ0n) is 17.0. The van der Waals surface area contributed by atoms with Crippen molar-refractivity contribution in [2.75, 3.05) is 0 Å². The lowest BCUT2D eigenvalue weighted by atomic mass is 9.84. The lowest BCUT2D eigenvalue weighted by Crippen LogP contribution is -2.39. The van der Waals surface area contributed by atoms with Crippen LogP contribution in [0.2, 0.25) is 0 Å². The van der Waals surface area contributed by atoms with Gasteiger partial charge in [-0.25, -0.2) is 0 Å². The van der Waals surface area contributed by atoms with Gasteiger partial charge in [-0.2, -0.15) is 0 Å². The van der Waals surface area contributed by atoms with Gasteiger partial charge in [-0.3, -0.25) is 4.79 Å². The number of hydrogen-bond acceptors (Lipinski definition) is 2. The second-order valence-corrected chi connectivity index (χ2v) is 7.23. The molecule has 0 saturated heterocycles. The van der Waals surface area contributed by atoms with Crippen LogP contribution in [0.1, 0.15) is 124 Å². The summed E-state index contributed by atoms with van der Waals surface area (Å²) in [4.78, 5) is 10.0. The average Bonchev–Trinajstić information content (AvgIpc) is 2.57. The lowest BCUT2D eigenvalue weighted by Gasteiger charge is -2.29. The van der Waals surface area contributed by atoms with Crippen molar-refractivity contribution in [3.05, 3.63) is 0 Å². The van der Waals surface area contributed by atoms with E-state index in [9.17, 15) is 4.79 Å². The minimum atomic E-state index is -0.670. The highest BCUT2D eigenvalue weighted by Gasteiger charge is 2.22. The topological polar surface area (TPSA) is 63.3 Å². The van der Waals surface area contributed by atoms with Gasteiger partial charge in [0, 0.05) is 12.0 Å². The first-order valence-electron chi connectivity index (χ1n) is 10.5. The van der Waals surface area contributed by atoms with E-state index >= 15 is 0 Å². The van der Waals surface area contributed by atoms with Crippen LogP contribution in [-0.2, 0) is 4.79 Å². The van der Waals surface area contributed by atoms with Crippen molar-refractivity contribution in [2.45, 2.75) is 130 Å². The minimum Gasteiger partial charge on any atom is -0.481 e. The van der Waals surface area contributed by atoms with Crippen molar-refractivity contribution in [1.29, 1.82) is 0 Å². The molecule has 0 aliphatic heterocycles. The number of carboxylic acid groups (broad SMARTS) is 1. The molecule has 3 heteroatoms. The fourth-order valence-corrected chi connectivity index (χ4v) is 2.84. The van der Waals surface area contributed by atoms with Crippen molar-refractivity contribution in [3.8, 4) is 0 Å². The van der Waals surface area contributed by atoms with Crippen LogP contribution >= 0.6 is 0 Å². The molecule has 146 valence electrons. The minimum absolute atomic E-state index is 0.155. The highest BCUT2D eigenvalue weighted by Crippen LogP contribution is 2.24. The van der Waals surface area contributed by atoms with Gasteiger partial charge in [0.15, 0.2) is 0 Å². The van der Waals surface area contributed by atoms with Crippen molar-refractivity contribution >= 4 is 5.97 Å². The summed E-state index contributed by atoms with van der Waals surface area (Å²) in [7, 11) is 0. The number of rotatable bonds is 15. The summed E-state index contributed by atoms with van der Waals surface area (Å²) in [5.41, 5.74) is 6.61. The van der Waals surface area contributed by atoms with Gasteiger partial charge in [-0.15, -0.1) is 0 Å². The van der Waals surface area contributed by atoms with Crippen molar-refractivity contribution in [2.24, 2.45) is 5.73 Å². The number of carbonyl (C=O) groups is 1. The molecule has 3 N–H and O–H groups in total. The van der Waals surface area contributed by atoms with Crippen LogP contribution in [0.25, 0.3) is 0 Å². The Hall–Kier alpha value is -0.570. The first-order valence-corrected chi connectivity index (χ1v) is 10.5. The first kappa shape index (κ1) is 25.7. The summed E-state index contributed by atoms with van der Waals surface area (Å²) >= 11 is 0. The molecule has 3 nitrogen and oxygen atoms in total. The monoisotopic (exact) mass is 343 g/mol. The van der Waals surface area contributed by atoms with Crippen LogP contribution in [0, 0.1) is 0 Å². The molecule has 0 aliphatic carbocycles. The molecule has 24 heavy (non-hydrogen) atoms. The van der Waals surface area contributed by atoms with Gasteiger partial charge in [-0.05, 0) is 25.7 Å². The van der Waals surface area contributed by atoms with Gasteiger partial charge in [0.1, 0.15) is 0 Å². The summed E-state index contributed by atoms with van der Waals surface area (Å²) in [6.07, 6.45) is 17.3. The standard InChI is InChI=1S/C13H29N.C8H16O2/c1-4-7-10-13(14,11-8-5-2)12-9-6-3;1-2-3-4-5-6-7-8(9)10/h4-12,14H2,1-3H3;2-7H2,1H3,(H,9,10). The van der Waals surface area contributed by atoms with Crippen LogP contribution in [0.3, 0.4) is 0 Å². The van der Waals surface area contributed by atoms with Gasteiger partial charge < -0.3 is 10.8 Å². The quantitative estimate of drug-likeness (QED) is 0.326. The van der Waals surface area contributed by atoms with Gasteiger partial charge in [0.05, 0.1) is 0 Å². The van der Waals surface area contributed by atoms with E-state index in [1.54, 1.807) is 0 Å². The smallest absolute Gasteiger partial charge is 0.303 e. The van der Waals surface area contributed by atoms with E-state index in [0.717, 1.165) is 12.8 Å². The second-order valence-electron chi connectivity index (χ2n) is 7.23. The van der Waals surface area contributed by atoms with E-state index in [1.807, 2.05) is 0 Å². The molecule has 0 saturated carbocycles. The van der Waals surface area contributed by atoms with Gasteiger partial charge >= 0.3 is 5.97 Å². The second kappa shape index (κ2) is 18.8. The maximum atomic E-state index is 10.0. The van der Waals surface area contributed by atoms with Crippen molar-refractivity contribution in [3.63, 3.8) is 0 Å². The molecule has 0 rings (SSSR count). The third-order valence-electron chi connectivity index (χ3n) is 4.58. The number of hydrogen-bond donors (Lipinski definition) is 2. The maximum Gasteiger partial charge on any atom is 0.303 e. The number of nitrogens with two attached hydrogens (primary N) is 1. The zero-order chi connectivity index (χ0) is 18.7. The molecule has 0 spiro atoms. The summed E-state index contributed by atoms with van der Waals surface area (Å²) in [5, 5.41) is 8.27. The summed E-state index contributed by atoms with van der Waals surface area (Å²) in [6.45, 7) is 8.90. The summed E-state index contributed by atoms with van der Waals surface area (Å²) < 4.78 is 0. The van der Waals surface area contributed by atoms with Crippen LogP contribution in [0.5, 0.6) is 0 Å². The molecular formula is C21H45NO2. The van der Waals surface area contributed by atoms with E-state index in [2.05, 4.69) is 27.7 Å². The predicted octanol–water partition coefficient (Wildman–Crippen LogP) is 6.69. The van der Waals surface area contributed by atoms with E-state index in [-0.39, 0.29) is 5.54 Å². The average molecular weight is 344 g/mol. The van der Waals surface area contributed by atoms with E-state index in [4.69, 9.17) is 10.8 Å². The number of unbranched alkanes of at least 4 members (excludes halogenated alkanes) is 7. The third-order valence-corrected chi connectivity index (χ3v) is 4.58. The summed E-state index contributed by atoms with van der Waals surface area (Å²) in [5.74, 6) is -0.670. The van der Waals surface area contributed by atoms with Crippen LogP contribution in [0.4, 0.5) is 0 Å². The summed E-state index contributed by atoms with van der Waals surface area (Å²) in [6, 6.07) is 0. The molecule has 0 aromatic carbocycles. The molecule has 0 fully saturated rings. The van der Waals surface area contributed by atoms with E-state index in [1.165, 1.54) is 77.0 Å². The van der Waals surface area contributed by atoms with Crippen LogP contribution < -0.4 is 5.73 Å². The largest absolute Gasteiger partial charge is 0.481 e. The highest BCUT2D eigenvalue weighted by molar-refractivity contribution is 5.66. The lowest BCUT2D eigenvalue weighted by molar-refractivity contribution is -0.137. The molecule has 0 heterocycles. The molecular weight excluding hydrogens is 298 g/mol. The molecule has 0 bridgehead atoms. The molecule has 0 aliphatic rings. The molecule has 0 aromatic rings. The van der Waals surface area contributed by atoms with Crippen molar-refractivity contribution in [1.82, 2.24) is 0 Å². The Kier molecular flexibility index (Phi) is 20.1. The van der Waals surface area contributed by atoms with Gasteiger partial charge in [0.25, 0.3) is 0 Å². The molecule has 0 unspecified atom stereocenters. The first-order chi connectivity index (χ1) is 11.5. The van der Waals surface area contributed by atoms with Gasteiger partial charge in [-0.1, -0.05) is 91.9 Å². The molecule has 0 radical (unpaired) electrons. The third kappa shape index (κ3) is 19.5. The van der Waals surface area contributed by atoms with Gasteiger partial charge in [0.2, 0.25) is 0 Å². The zero-order valence-corrected chi connectivity index (χ0v) is 17.0. The Bertz CT molecular complexity index is 245. The Morgan fingerprint density at radius 3 is 1.42 bits per heavy atom. The maximum absolute atomic E-state index is 10.0. The Morgan fingerprint density at radius 2 is 1.08 bits per heavy atom. The Morgan fingerprint density at radius 1 is 0.708 bits per heavy atom. The highest BCUT2D eigenvalue weighted by atomic mass is 16.4. The molecule has 0 aromatic heterocycles. The van der Waals surface area contributed by atoms with E-state index < -0.39 is 5.97 Å². The molecule has 0 amide bonds. The van der Waals surface area contributed by atoms with Crippen LogP contribution in [0.15, 0.2) is 0 Å². The van der Waals surface area contributed by atoms with E-state index in [0.29, 0.717) is 6.42 Å². The fraction of sp³-hybridized carbons (Fsp3) is 0.952.